The van der Waals surface area contributed by atoms with Crippen LogP contribution < -0.4 is 10.9 Å². The lowest BCUT2D eigenvalue weighted by atomic mass is 10.1. The molecule has 154 valence electrons. The fraction of sp³-hybridized carbons (Fsp3) is 0.136. The van der Waals surface area contributed by atoms with Crippen molar-refractivity contribution in [2.24, 2.45) is 0 Å². The Bertz CT molecular complexity index is 1280. The Kier molecular flexibility index (Phi) is 5.09. The molecular formula is C22H18N6O2S. The predicted molar refractivity (Wildman–Crippen MR) is 119 cm³/mol. The topological polar surface area (TPSA) is 94.7 Å². The molecule has 1 aliphatic heterocycles. The summed E-state index contributed by atoms with van der Waals surface area (Å²) >= 11 is 1.75. The van der Waals surface area contributed by atoms with E-state index in [2.05, 4.69) is 31.1 Å². The third-order valence-corrected chi connectivity index (χ3v) is 5.87. The Morgan fingerprint density at radius 2 is 1.77 bits per heavy atom. The molecule has 31 heavy (non-hydrogen) atoms. The van der Waals surface area contributed by atoms with Crippen molar-refractivity contribution in [3.8, 4) is 22.5 Å². The number of aromatic nitrogens is 5. The molecule has 0 saturated heterocycles. The smallest absolute Gasteiger partial charge is 0.267 e. The summed E-state index contributed by atoms with van der Waals surface area (Å²) in [5, 5.41) is 8.16. The van der Waals surface area contributed by atoms with Crippen molar-refractivity contribution in [3.63, 3.8) is 0 Å². The van der Waals surface area contributed by atoms with Crippen molar-refractivity contribution in [2.45, 2.75) is 18.2 Å². The minimum absolute atomic E-state index is 0.176. The van der Waals surface area contributed by atoms with Crippen LogP contribution in [0.25, 0.3) is 22.5 Å². The van der Waals surface area contributed by atoms with Crippen LogP contribution in [0.5, 0.6) is 0 Å². The molecule has 0 atom stereocenters. The summed E-state index contributed by atoms with van der Waals surface area (Å²) in [6, 6.07) is 14.1. The normalized spacial score (nSPS) is 12.5. The summed E-state index contributed by atoms with van der Waals surface area (Å²) in [5.74, 6) is 0.739. The molecule has 8 nitrogen and oxygen atoms in total. The maximum absolute atomic E-state index is 12.5. The number of nitrogens with one attached hydrogen (secondary N) is 1. The Balaban J connectivity index is 1.28. The van der Waals surface area contributed by atoms with Gasteiger partial charge in [-0.3, -0.25) is 14.6 Å². The standard InChI is InChI=1S/C22H18N6O2S/c29-20(14-28-21(30)6-5-18(26-28)16-7-9-23-10-8-16)24-17-3-1-15(2-4-17)19-13-27-11-12-31-22(27)25-19/h1-10,13H,11-12,14H2,(H,24,29). The summed E-state index contributed by atoms with van der Waals surface area (Å²) in [5.41, 5.74) is 3.64. The summed E-state index contributed by atoms with van der Waals surface area (Å²) in [7, 11) is 0. The molecule has 4 aromatic rings. The number of nitrogens with zero attached hydrogens (tertiary/aromatic N) is 5. The van der Waals surface area contributed by atoms with Crippen LogP contribution in [0.15, 0.2) is 77.1 Å². The van der Waals surface area contributed by atoms with Crippen LogP contribution in [0.3, 0.4) is 0 Å². The molecular weight excluding hydrogens is 412 g/mol. The number of pyridine rings is 1. The Morgan fingerprint density at radius 1 is 1.00 bits per heavy atom. The SMILES string of the molecule is O=C(Cn1nc(-c2ccncc2)ccc1=O)Nc1ccc(-c2cn3c(n2)SCC3)cc1. The van der Waals surface area contributed by atoms with Gasteiger partial charge in [-0.1, -0.05) is 23.9 Å². The number of fused-ring (bicyclic) bond motifs is 1. The van der Waals surface area contributed by atoms with Crippen LogP contribution >= 0.6 is 11.8 Å². The first-order valence-electron chi connectivity index (χ1n) is 9.74. The maximum Gasteiger partial charge on any atom is 0.267 e. The lowest BCUT2D eigenvalue weighted by molar-refractivity contribution is -0.117. The quantitative estimate of drug-likeness (QED) is 0.523. The van der Waals surface area contributed by atoms with Crippen LogP contribution in [0, 0.1) is 0 Å². The van der Waals surface area contributed by atoms with Crippen molar-refractivity contribution in [1.29, 1.82) is 0 Å². The maximum atomic E-state index is 12.5. The number of imidazole rings is 1. The summed E-state index contributed by atoms with van der Waals surface area (Å²) in [6.07, 6.45) is 5.36. The number of carbonyl (C=O) groups excluding carboxylic acids is 1. The fourth-order valence-corrected chi connectivity index (χ4v) is 4.29. The van der Waals surface area contributed by atoms with E-state index in [4.69, 9.17) is 0 Å². The Labute approximate surface area is 182 Å². The van der Waals surface area contributed by atoms with Gasteiger partial charge in [0.15, 0.2) is 5.16 Å². The Hall–Kier alpha value is -3.72. The number of benzene rings is 1. The number of hydrogen-bond donors (Lipinski definition) is 1. The Morgan fingerprint density at radius 3 is 2.55 bits per heavy atom. The van der Waals surface area contributed by atoms with E-state index in [9.17, 15) is 9.59 Å². The van der Waals surface area contributed by atoms with Crippen molar-refractivity contribution in [2.75, 3.05) is 11.1 Å². The first-order valence-corrected chi connectivity index (χ1v) is 10.7. The average Bonchev–Trinajstić information content (AvgIpc) is 3.39. The zero-order chi connectivity index (χ0) is 21.2. The van der Waals surface area contributed by atoms with Crippen LogP contribution in [-0.4, -0.2) is 36.0 Å². The first kappa shape index (κ1) is 19.3. The lowest BCUT2D eigenvalue weighted by Gasteiger charge is -2.09. The van der Waals surface area contributed by atoms with Gasteiger partial charge in [-0.25, -0.2) is 9.67 Å². The third-order valence-electron chi connectivity index (χ3n) is 4.90. The second kappa shape index (κ2) is 8.19. The van der Waals surface area contributed by atoms with E-state index in [0.717, 1.165) is 39.0 Å². The lowest BCUT2D eigenvalue weighted by Crippen LogP contribution is -2.29. The number of amides is 1. The minimum atomic E-state index is -0.339. The van der Waals surface area contributed by atoms with E-state index < -0.39 is 0 Å². The highest BCUT2D eigenvalue weighted by Gasteiger charge is 2.15. The fourth-order valence-electron chi connectivity index (χ4n) is 3.35. The molecule has 0 fully saturated rings. The molecule has 9 heteroatoms. The molecule has 0 bridgehead atoms. The number of carbonyl (C=O) groups is 1. The summed E-state index contributed by atoms with van der Waals surface area (Å²) in [6.45, 7) is 0.807. The number of rotatable bonds is 5. The molecule has 0 spiro atoms. The van der Waals surface area contributed by atoms with Gasteiger partial charge in [-0.05, 0) is 30.3 Å². The van der Waals surface area contributed by atoms with Crippen LogP contribution in [-0.2, 0) is 17.9 Å². The van der Waals surface area contributed by atoms with Gasteiger partial charge in [-0.2, -0.15) is 5.10 Å². The van der Waals surface area contributed by atoms with Gasteiger partial charge in [-0.15, -0.1) is 0 Å². The van der Waals surface area contributed by atoms with Gasteiger partial charge in [0, 0.05) is 53.8 Å². The van der Waals surface area contributed by atoms with Gasteiger partial charge < -0.3 is 9.88 Å². The highest BCUT2D eigenvalue weighted by Crippen LogP contribution is 2.29. The molecule has 1 aliphatic rings. The highest BCUT2D eigenvalue weighted by atomic mass is 32.2. The van der Waals surface area contributed by atoms with E-state index in [1.54, 1.807) is 42.4 Å². The summed E-state index contributed by atoms with van der Waals surface area (Å²) < 4.78 is 3.31. The largest absolute Gasteiger partial charge is 0.325 e. The highest BCUT2D eigenvalue weighted by molar-refractivity contribution is 7.99. The van der Waals surface area contributed by atoms with Gasteiger partial charge in [0.05, 0.1) is 11.4 Å². The molecule has 3 aromatic heterocycles. The number of anilines is 1. The number of hydrogen-bond acceptors (Lipinski definition) is 6. The van der Waals surface area contributed by atoms with E-state index in [0.29, 0.717) is 11.4 Å². The van der Waals surface area contributed by atoms with Crippen molar-refractivity contribution < 1.29 is 4.79 Å². The van der Waals surface area contributed by atoms with Gasteiger partial charge in [0.1, 0.15) is 6.54 Å². The van der Waals surface area contributed by atoms with Gasteiger partial charge in [0.25, 0.3) is 5.56 Å². The van der Waals surface area contributed by atoms with Crippen LogP contribution in [0.1, 0.15) is 0 Å². The van der Waals surface area contributed by atoms with Crippen molar-refractivity contribution in [3.05, 3.63) is 77.5 Å². The third kappa shape index (κ3) is 4.13. The second-order valence-corrected chi connectivity index (χ2v) is 8.09. The van der Waals surface area contributed by atoms with Crippen LogP contribution in [0.2, 0.25) is 0 Å². The molecule has 5 rings (SSSR count). The summed E-state index contributed by atoms with van der Waals surface area (Å²) in [4.78, 5) is 33.3. The molecule has 1 amide bonds. The first-order chi connectivity index (χ1) is 15.2. The van der Waals surface area contributed by atoms with E-state index >= 15 is 0 Å². The zero-order valence-electron chi connectivity index (χ0n) is 16.4. The molecule has 1 aromatic carbocycles. The van der Waals surface area contributed by atoms with Gasteiger partial charge in [0.2, 0.25) is 5.91 Å². The van der Waals surface area contributed by atoms with Gasteiger partial charge >= 0.3 is 0 Å². The minimum Gasteiger partial charge on any atom is -0.325 e. The average molecular weight is 430 g/mol. The zero-order valence-corrected chi connectivity index (χ0v) is 17.2. The molecule has 0 saturated carbocycles. The molecule has 0 radical (unpaired) electrons. The number of aryl methyl sites for hydroxylation is 1. The van der Waals surface area contributed by atoms with E-state index in [1.807, 2.05) is 24.3 Å². The number of thioether (sulfide) groups is 1. The molecule has 0 aliphatic carbocycles. The van der Waals surface area contributed by atoms with Crippen molar-refractivity contribution in [1.82, 2.24) is 24.3 Å². The van der Waals surface area contributed by atoms with Crippen molar-refractivity contribution >= 4 is 23.4 Å². The monoisotopic (exact) mass is 430 g/mol. The second-order valence-electron chi connectivity index (χ2n) is 7.03. The van der Waals surface area contributed by atoms with Crippen LogP contribution in [0.4, 0.5) is 5.69 Å². The molecule has 1 N–H and O–H groups in total. The van der Waals surface area contributed by atoms with E-state index in [1.165, 1.54) is 6.07 Å². The van der Waals surface area contributed by atoms with E-state index in [-0.39, 0.29) is 18.0 Å². The molecule has 4 heterocycles. The predicted octanol–water partition coefficient (Wildman–Crippen LogP) is 2.91. The molecule has 0 unspecified atom stereocenters.